The summed E-state index contributed by atoms with van der Waals surface area (Å²) in [6.45, 7) is 6.35. The normalized spacial score (nSPS) is 16.2. The Morgan fingerprint density at radius 1 is 1.47 bits per heavy atom. The van der Waals surface area contributed by atoms with Crippen molar-refractivity contribution in [2.45, 2.75) is 32.7 Å². The predicted octanol–water partition coefficient (Wildman–Crippen LogP) is 2.91. The summed E-state index contributed by atoms with van der Waals surface area (Å²) in [7, 11) is 0. The minimum atomic E-state index is 0.315. The van der Waals surface area contributed by atoms with Crippen molar-refractivity contribution in [1.29, 1.82) is 0 Å². The van der Waals surface area contributed by atoms with Crippen LogP contribution in [0.4, 0.5) is 0 Å². The molecule has 0 fully saturated rings. The molecule has 2 rings (SSSR count). The zero-order valence-electron chi connectivity index (χ0n) is 11.7. The molecule has 0 aromatic heterocycles. The molecule has 0 saturated heterocycles. The molecule has 1 atom stereocenters. The van der Waals surface area contributed by atoms with E-state index in [1.54, 1.807) is 0 Å². The maximum atomic E-state index is 5.71. The smallest absolute Gasteiger partial charge is 0.127 e. The van der Waals surface area contributed by atoms with Crippen LogP contribution in [0.1, 0.15) is 38.3 Å². The number of rotatable bonds is 6. The number of nitrogens with one attached hydrogen (secondary N) is 1. The number of hydrogen-bond donors (Lipinski definition) is 1. The van der Waals surface area contributed by atoms with Gasteiger partial charge in [0, 0.05) is 18.1 Å². The third kappa shape index (κ3) is 3.65. The van der Waals surface area contributed by atoms with Gasteiger partial charge in [-0.3, -0.25) is 0 Å². The fourth-order valence-corrected chi connectivity index (χ4v) is 2.11. The lowest BCUT2D eigenvalue weighted by molar-refractivity contribution is 0.305. The molecule has 1 aromatic carbocycles. The van der Waals surface area contributed by atoms with E-state index in [9.17, 15) is 0 Å². The van der Waals surface area contributed by atoms with Gasteiger partial charge < -0.3 is 14.8 Å². The lowest BCUT2D eigenvalue weighted by atomic mass is 10.1. The molecule has 0 spiro atoms. The Morgan fingerprint density at radius 2 is 2.37 bits per heavy atom. The first-order valence-electron chi connectivity index (χ1n) is 6.87. The van der Waals surface area contributed by atoms with Crippen molar-refractivity contribution in [2.24, 2.45) is 0 Å². The summed E-state index contributed by atoms with van der Waals surface area (Å²) in [4.78, 5) is 0. The van der Waals surface area contributed by atoms with Crippen LogP contribution in [0.3, 0.4) is 0 Å². The van der Waals surface area contributed by atoms with Crippen LogP contribution in [-0.2, 0) is 0 Å². The van der Waals surface area contributed by atoms with Crippen LogP contribution >= 0.6 is 0 Å². The van der Waals surface area contributed by atoms with Gasteiger partial charge in [0.05, 0.1) is 12.6 Å². The van der Waals surface area contributed by atoms with Crippen molar-refractivity contribution in [2.75, 3.05) is 19.8 Å². The monoisotopic (exact) mass is 259 g/mol. The molecule has 19 heavy (non-hydrogen) atoms. The fourth-order valence-electron chi connectivity index (χ4n) is 2.11. The van der Waals surface area contributed by atoms with Crippen LogP contribution in [0.25, 0.3) is 0 Å². The van der Waals surface area contributed by atoms with E-state index in [2.05, 4.69) is 30.1 Å². The molecule has 3 nitrogen and oxygen atoms in total. The van der Waals surface area contributed by atoms with E-state index in [1.165, 1.54) is 5.56 Å². The molecule has 1 aliphatic heterocycles. The Hall–Kier alpha value is -1.66. The first-order valence-corrected chi connectivity index (χ1v) is 6.87. The highest BCUT2D eigenvalue weighted by Gasteiger charge is 2.23. The lowest BCUT2D eigenvalue weighted by Gasteiger charge is -2.10. The Balaban J connectivity index is 1.94. The van der Waals surface area contributed by atoms with Gasteiger partial charge in [-0.25, -0.2) is 0 Å². The van der Waals surface area contributed by atoms with E-state index in [4.69, 9.17) is 9.47 Å². The van der Waals surface area contributed by atoms with Gasteiger partial charge in [-0.2, -0.15) is 0 Å². The Kier molecular flexibility index (Phi) is 5.11. The van der Waals surface area contributed by atoms with E-state index >= 15 is 0 Å². The van der Waals surface area contributed by atoms with Gasteiger partial charge in [0.15, 0.2) is 0 Å². The van der Waals surface area contributed by atoms with E-state index in [0.29, 0.717) is 19.3 Å². The van der Waals surface area contributed by atoms with E-state index < -0.39 is 0 Å². The second-order valence-corrected chi connectivity index (χ2v) is 4.54. The van der Waals surface area contributed by atoms with Gasteiger partial charge in [0.25, 0.3) is 0 Å². The van der Waals surface area contributed by atoms with Crippen LogP contribution in [0.2, 0.25) is 0 Å². The van der Waals surface area contributed by atoms with Crippen LogP contribution in [0.5, 0.6) is 11.5 Å². The van der Waals surface area contributed by atoms with Crippen molar-refractivity contribution in [1.82, 2.24) is 5.32 Å². The molecular formula is C16H21NO2. The van der Waals surface area contributed by atoms with Crippen molar-refractivity contribution in [3.63, 3.8) is 0 Å². The zero-order chi connectivity index (χ0) is 13.5. The standard InChI is InChI=1S/C16H21NO2/c1-3-5-6-10-18-13-7-8-14-15(17-9-4-2)12-19-16(14)11-13/h7-8,11,15,17H,4,6,9-10,12H2,1-2H3. The maximum Gasteiger partial charge on any atom is 0.127 e. The zero-order valence-corrected chi connectivity index (χ0v) is 11.7. The molecule has 0 aliphatic carbocycles. The Morgan fingerprint density at radius 3 is 3.16 bits per heavy atom. The third-order valence-electron chi connectivity index (χ3n) is 3.08. The average molecular weight is 259 g/mol. The largest absolute Gasteiger partial charge is 0.492 e. The van der Waals surface area contributed by atoms with Gasteiger partial charge >= 0.3 is 0 Å². The van der Waals surface area contributed by atoms with Gasteiger partial charge in [0.2, 0.25) is 0 Å². The minimum Gasteiger partial charge on any atom is -0.492 e. The van der Waals surface area contributed by atoms with Crippen LogP contribution in [0.15, 0.2) is 18.2 Å². The fraction of sp³-hybridized carbons (Fsp3) is 0.500. The van der Waals surface area contributed by atoms with Gasteiger partial charge in [0.1, 0.15) is 18.1 Å². The topological polar surface area (TPSA) is 30.5 Å². The number of hydrogen-bond acceptors (Lipinski definition) is 3. The first-order chi connectivity index (χ1) is 9.35. The predicted molar refractivity (Wildman–Crippen MR) is 76.5 cm³/mol. The molecule has 0 radical (unpaired) electrons. The highest BCUT2D eigenvalue weighted by molar-refractivity contribution is 5.45. The van der Waals surface area contributed by atoms with Crippen molar-refractivity contribution in [3.8, 4) is 23.3 Å². The molecule has 1 N–H and O–H groups in total. The molecule has 1 aromatic rings. The van der Waals surface area contributed by atoms with Crippen LogP contribution in [0, 0.1) is 11.8 Å². The highest BCUT2D eigenvalue weighted by Crippen LogP contribution is 2.35. The Bertz CT molecular complexity index is 473. The summed E-state index contributed by atoms with van der Waals surface area (Å²) in [5.74, 6) is 7.63. The quantitative estimate of drug-likeness (QED) is 0.629. The van der Waals surface area contributed by atoms with Gasteiger partial charge in [-0.15, -0.1) is 11.8 Å². The summed E-state index contributed by atoms with van der Waals surface area (Å²) in [6.07, 6.45) is 1.89. The van der Waals surface area contributed by atoms with Crippen LogP contribution in [-0.4, -0.2) is 19.8 Å². The third-order valence-corrected chi connectivity index (χ3v) is 3.08. The number of fused-ring (bicyclic) bond motifs is 1. The number of benzene rings is 1. The van der Waals surface area contributed by atoms with Gasteiger partial charge in [-0.1, -0.05) is 6.92 Å². The summed E-state index contributed by atoms with van der Waals surface area (Å²) < 4.78 is 11.4. The maximum absolute atomic E-state index is 5.71. The number of ether oxygens (including phenoxy) is 2. The molecular weight excluding hydrogens is 238 g/mol. The van der Waals surface area contributed by atoms with E-state index in [1.807, 2.05) is 19.1 Å². The van der Waals surface area contributed by atoms with E-state index in [-0.39, 0.29) is 0 Å². The lowest BCUT2D eigenvalue weighted by Crippen LogP contribution is -2.22. The molecule has 102 valence electrons. The first kappa shape index (κ1) is 13.8. The molecule has 0 saturated carbocycles. The molecule has 0 amide bonds. The van der Waals surface area contributed by atoms with Gasteiger partial charge in [-0.05, 0) is 32.0 Å². The van der Waals surface area contributed by atoms with Crippen molar-refractivity contribution >= 4 is 0 Å². The summed E-state index contributed by atoms with van der Waals surface area (Å²) in [6, 6.07) is 6.39. The molecule has 1 heterocycles. The molecule has 1 aliphatic rings. The summed E-state index contributed by atoms with van der Waals surface area (Å²) in [5, 5.41) is 3.48. The minimum absolute atomic E-state index is 0.315. The highest BCUT2D eigenvalue weighted by atomic mass is 16.5. The Labute approximate surface area is 115 Å². The molecule has 1 unspecified atom stereocenters. The van der Waals surface area contributed by atoms with Crippen LogP contribution < -0.4 is 14.8 Å². The average Bonchev–Trinajstić information content (AvgIpc) is 2.84. The summed E-state index contributed by atoms with van der Waals surface area (Å²) >= 11 is 0. The second-order valence-electron chi connectivity index (χ2n) is 4.54. The summed E-state index contributed by atoms with van der Waals surface area (Å²) in [5.41, 5.74) is 1.23. The molecule has 0 bridgehead atoms. The van der Waals surface area contributed by atoms with Crippen molar-refractivity contribution < 1.29 is 9.47 Å². The SMILES string of the molecule is CC#CCCOc1ccc2c(c1)OCC2NCCC. The van der Waals surface area contributed by atoms with Crippen molar-refractivity contribution in [3.05, 3.63) is 23.8 Å². The second kappa shape index (κ2) is 7.06. The van der Waals surface area contributed by atoms with E-state index in [0.717, 1.165) is 30.9 Å². The molecule has 3 heteroatoms.